The molecule has 1 aliphatic heterocycles. The fraction of sp³-hybridized carbons (Fsp3) is 0.583. The summed E-state index contributed by atoms with van der Waals surface area (Å²) in [5, 5.41) is 4.79. The number of piperidine rings is 1. The number of ether oxygens (including phenoxy) is 1. The smallest absolute Gasteiger partial charge is 0.349 e. The maximum absolute atomic E-state index is 12.4. The Labute approximate surface area is 122 Å². The number of thiophene rings is 1. The Morgan fingerprint density at radius 3 is 2.95 bits per heavy atom. The highest BCUT2D eigenvalue weighted by atomic mass is 32.2. The van der Waals surface area contributed by atoms with E-state index in [4.69, 9.17) is 0 Å². The summed E-state index contributed by atoms with van der Waals surface area (Å²) >= 11 is 1.07. The minimum Gasteiger partial charge on any atom is -0.465 e. The molecule has 1 aromatic heterocycles. The molecule has 0 aromatic carbocycles. The molecule has 0 amide bonds. The average Bonchev–Trinajstić information content (AvgIpc) is 2.90. The molecule has 1 aliphatic rings. The molecule has 0 spiro atoms. The Bertz CT molecular complexity index is 582. The third kappa shape index (κ3) is 3.20. The molecule has 0 radical (unpaired) electrons. The quantitative estimate of drug-likeness (QED) is 0.803. The summed E-state index contributed by atoms with van der Waals surface area (Å²) in [7, 11) is -2.47. The van der Waals surface area contributed by atoms with Crippen molar-refractivity contribution in [2.75, 3.05) is 20.2 Å². The number of rotatable bonds is 4. The first-order chi connectivity index (χ1) is 9.45. The fourth-order valence-corrected chi connectivity index (χ4v) is 4.92. The van der Waals surface area contributed by atoms with Crippen LogP contribution < -0.4 is 10.0 Å². The zero-order chi connectivity index (χ0) is 14.8. The maximum Gasteiger partial charge on any atom is 0.349 e. The van der Waals surface area contributed by atoms with E-state index >= 15 is 0 Å². The summed E-state index contributed by atoms with van der Waals surface area (Å²) in [5.41, 5.74) is 0. The largest absolute Gasteiger partial charge is 0.465 e. The van der Waals surface area contributed by atoms with Gasteiger partial charge in [-0.2, -0.15) is 0 Å². The van der Waals surface area contributed by atoms with E-state index in [-0.39, 0.29) is 21.7 Å². The first-order valence-corrected chi connectivity index (χ1v) is 8.71. The second-order valence-corrected chi connectivity index (χ2v) is 7.40. The van der Waals surface area contributed by atoms with Gasteiger partial charge in [0.25, 0.3) is 0 Å². The van der Waals surface area contributed by atoms with Gasteiger partial charge in [-0.25, -0.2) is 17.9 Å². The zero-order valence-corrected chi connectivity index (χ0v) is 13.0. The lowest BCUT2D eigenvalue weighted by Crippen LogP contribution is -2.48. The molecule has 0 bridgehead atoms. The first-order valence-electron chi connectivity index (χ1n) is 6.34. The predicted molar refractivity (Wildman–Crippen MR) is 76.4 cm³/mol. The van der Waals surface area contributed by atoms with Gasteiger partial charge in [-0.1, -0.05) is 6.92 Å². The topological polar surface area (TPSA) is 84.5 Å². The number of hydrogen-bond donors (Lipinski definition) is 2. The Morgan fingerprint density at radius 2 is 2.30 bits per heavy atom. The van der Waals surface area contributed by atoms with E-state index in [9.17, 15) is 13.2 Å². The summed E-state index contributed by atoms with van der Waals surface area (Å²) in [6.45, 7) is 3.56. The molecule has 2 unspecified atom stereocenters. The fourth-order valence-electron chi connectivity index (χ4n) is 2.20. The second-order valence-electron chi connectivity index (χ2n) is 4.80. The summed E-state index contributed by atoms with van der Waals surface area (Å²) in [6, 6.07) is 1.32. The molecule has 1 fully saturated rings. The van der Waals surface area contributed by atoms with E-state index in [1.165, 1.54) is 13.2 Å². The Kier molecular flexibility index (Phi) is 4.79. The van der Waals surface area contributed by atoms with E-state index in [0.717, 1.165) is 30.8 Å². The molecule has 2 N–H and O–H groups in total. The van der Waals surface area contributed by atoms with Crippen LogP contribution in [-0.4, -0.2) is 40.6 Å². The summed E-state index contributed by atoms with van der Waals surface area (Å²) in [5.74, 6) is -0.419. The Morgan fingerprint density at radius 1 is 1.55 bits per heavy atom. The van der Waals surface area contributed by atoms with Gasteiger partial charge < -0.3 is 10.1 Å². The maximum atomic E-state index is 12.4. The van der Waals surface area contributed by atoms with Crippen LogP contribution in [0.3, 0.4) is 0 Å². The van der Waals surface area contributed by atoms with Gasteiger partial charge in [0, 0.05) is 6.04 Å². The molecular formula is C12H18N2O4S2. The molecule has 112 valence electrons. The molecule has 20 heavy (non-hydrogen) atoms. The number of methoxy groups -OCH3 is 1. The highest BCUT2D eigenvalue weighted by Gasteiger charge is 2.30. The van der Waals surface area contributed by atoms with Crippen molar-refractivity contribution in [3.8, 4) is 0 Å². The number of carbonyl (C=O) groups is 1. The third-order valence-corrected chi connectivity index (χ3v) is 5.94. The van der Waals surface area contributed by atoms with E-state index in [2.05, 4.69) is 14.8 Å². The number of nitrogens with one attached hydrogen (secondary N) is 2. The lowest BCUT2D eigenvalue weighted by Gasteiger charge is -2.29. The van der Waals surface area contributed by atoms with Gasteiger partial charge in [-0.05, 0) is 36.9 Å². The summed E-state index contributed by atoms with van der Waals surface area (Å²) in [4.78, 5) is 11.7. The van der Waals surface area contributed by atoms with E-state index < -0.39 is 16.0 Å². The van der Waals surface area contributed by atoms with Crippen LogP contribution in [0.4, 0.5) is 0 Å². The molecule has 0 aliphatic carbocycles. The first kappa shape index (κ1) is 15.4. The highest BCUT2D eigenvalue weighted by molar-refractivity contribution is 7.89. The molecule has 2 rings (SSSR count). The number of hydrogen-bond acceptors (Lipinski definition) is 6. The molecule has 6 nitrogen and oxygen atoms in total. The molecule has 2 heterocycles. The molecule has 8 heteroatoms. The normalized spacial score (nSPS) is 23.5. The van der Waals surface area contributed by atoms with Crippen molar-refractivity contribution in [2.24, 2.45) is 5.92 Å². The number of esters is 1. The molecule has 0 saturated carbocycles. The highest BCUT2D eigenvalue weighted by Crippen LogP contribution is 2.24. The second kappa shape index (κ2) is 6.21. The van der Waals surface area contributed by atoms with Crippen LogP contribution in [0.1, 0.15) is 23.0 Å². The SMILES string of the molecule is COC(=O)c1sccc1S(=O)(=O)NC1CCNCC1C. The van der Waals surface area contributed by atoms with Crippen LogP contribution in [0.2, 0.25) is 0 Å². The van der Waals surface area contributed by atoms with Crippen LogP contribution in [0.15, 0.2) is 16.3 Å². The summed E-state index contributed by atoms with van der Waals surface area (Å²) < 4.78 is 32.1. The van der Waals surface area contributed by atoms with E-state index in [1.807, 2.05) is 6.92 Å². The number of carbonyl (C=O) groups excluding carboxylic acids is 1. The third-order valence-electron chi connectivity index (χ3n) is 3.38. The predicted octanol–water partition coefficient (Wildman–Crippen LogP) is 0.811. The van der Waals surface area contributed by atoms with Gasteiger partial charge in [0.05, 0.1) is 7.11 Å². The van der Waals surface area contributed by atoms with Crippen molar-refractivity contribution in [3.05, 3.63) is 16.3 Å². The van der Waals surface area contributed by atoms with E-state index in [1.54, 1.807) is 5.38 Å². The van der Waals surface area contributed by atoms with Gasteiger partial charge in [-0.3, -0.25) is 0 Å². The van der Waals surface area contributed by atoms with Gasteiger partial charge >= 0.3 is 5.97 Å². The standard InChI is InChI=1S/C12H18N2O4S2/c1-8-7-13-5-3-9(8)14-20(16,17)10-4-6-19-11(10)12(15)18-2/h4,6,8-9,13-14H,3,5,7H2,1-2H3. The van der Waals surface area contributed by atoms with Crippen LogP contribution in [0, 0.1) is 5.92 Å². The van der Waals surface area contributed by atoms with Crippen molar-refractivity contribution in [1.29, 1.82) is 0 Å². The zero-order valence-electron chi connectivity index (χ0n) is 11.4. The Balaban J connectivity index is 2.22. The monoisotopic (exact) mass is 318 g/mol. The lowest BCUT2D eigenvalue weighted by atomic mass is 9.97. The molecule has 2 atom stereocenters. The average molecular weight is 318 g/mol. The summed E-state index contributed by atoms with van der Waals surface area (Å²) in [6.07, 6.45) is 0.734. The van der Waals surface area contributed by atoms with Crippen molar-refractivity contribution in [3.63, 3.8) is 0 Å². The van der Waals surface area contributed by atoms with Crippen molar-refractivity contribution in [2.45, 2.75) is 24.3 Å². The van der Waals surface area contributed by atoms with Gasteiger partial charge in [0.1, 0.15) is 9.77 Å². The van der Waals surface area contributed by atoms with Crippen LogP contribution in [-0.2, 0) is 14.8 Å². The van der Waals surface area contributed by atoms with Crippen molar-refractivity contribution >= 4 is 27.3 Å². The number of sulfonamides is 1. The van der Waals surface area contributed by atoms with Crippen molar-refractivity contribution < 1.29 is 17.9 Å². The van der Waals surface area contributed by atoms with Crippen molar-refractivity contribution in [1.82, 2.24) is 10.0 Å². The van der Waals surface area contributed by atoms with Crippen LogP contribution >= 0.6 is 11.3 Å². The molecular weight excluding hydrogens is 300 g/mol. The van der Waals surface area contributed by atoms with E-state index in [0.29, 0.717) is 0 Å². The minimum atomic E-state index is -3.70. The van der Waals surface area contributed by atoms with Gasteiger partial charge in [-0.15, -0.1) is 11.3 Å². The molecule has 1 saturated heterocycles. The lowest BCUT2D eigenvalue weighted by molar-refractivity contribution is 0.0602. The van der Waals surface area contributed by atoms with Gasteiger partial charge in [0.2, 0.25) is 10.0 Å². The van der Waals surface area contributed by atoms with Crippen LogP contribution in [0.5, 0.6) is 0 Å². The Hall–Kier alpha value is -0.960. The molecule has 1 aromatic rings. The van der Waals surface area contributed by atoms with Gasteiger partial charge in [0.15, 0.2) is 0 Å². The van der Waals surface area contributed by atoms with Crippen LogP contribution in [0.25, 0.3) is 0 Å². The minimum absolute atomic E-state index is 0.0000765.